The summed E-state index contributed by atoms with van der Waals surface area (Å²) in [6.45, 7) is 4.66. The van der Waals surface area contributed by atoms with Gasteiger partial charge in [-0.3, -0.25) is 0 Å². The van der Waals surface area contributed by atoms with Crippen LogP contribution in [0.4, 0.5) is 0 Å². The Bertz CT molecular complexity index is 692. The van der Waals surface area contributed by atoms with Gasteiger partial charge < -0.3 is 9.09 Å². The Balaban J connectivity index is 2.09. The van der Waals surface area contributed by atoms with Crippen molar-refractivity contribution in [2.24, 2.45) is 0 Å². The van der Waals surface area contributed by atoms with Crippen LogP contribution in [0.1, 0.15) is 17.0 Å². The maximum Gasteiger partial charge on any atom is 0.138 e. The summed E-state index contributed by atoms with van der Waals surface area (Å²) in [5, 5.41) is 5.84. The molecule has 0 bridgehead atoms. The molecule has 0 aliphatic carbocycles. The monoisotopic (exact) mass is 260 g/mol. The number of hydrogen-bond donors (Lipinski definition) is 0. The van der Waals surface area contributed by atoms with Crippen LogP contribution in [0.2, 0.25) is 5.02 Å². The highest BCUT2D eigenvalue weighted by Crippen LogP contribution is 2.25. The molecule has 0 spiro atoms. The first kappa shape index (κ1) is 11.4. The van der Waals surface area contributed by atoms with Crippen LogP contribution in [0.15, 0.2) is 35.0 Å². The quantitative estimate of drug-likeness (QED) is 0.699. The molecule has 3 rings (SSSR count). The molecule has 3 aromatic rings. The molecular formula is C14H13ClN2O. The van der Waals surface area contributed by atoms with Crippen molar-refractivity contribution in [1.82, 2.24) is 9.72 Å². The maximum absolute atomic E-state index is 6.17. The molecule has 0 aliphatic rings. The lowest BCUT2D eigenvalue weighted by Crippen LogP contribution is -1.99. The van der Waals surface area contributed by atoms with Crippen LogP contribution in [0, 0.1) is 13.8 Å². The standard InChI is InChI=1S/C14H13ClN2O/c1-9-12(10(2)18-16-9)8-17-7-6-11-13(15)4-3-5-14(11)17/h3-7H,8H2,1-2H3. The van der Waals surface area contributed by atoms with Crippen LogP contribution < -0.4 is 0 Å². The van der Waals surface area contributed by atoms with Crippen molar-refractivity contribution in [1.29, 1.82) is 0 Å². The zero-order valence-corrected chi connectivity index (χ0v) is 11.0. The third kappa shape index (κ3) is 1.71. The number of aryl methyl sites for hydroxylation is 2. The second-order valence-corrected chi connectivity index (χ2v) is 4.83. The normalized spacial score (nSPS) is 11.3. The summed E-state index contributed by atoms with van der Waals surface area (Å²) in [6, 6.07) is 7.98. The van der Waals surface area contributed by atoms with E-state index >= 15 is 0 Å². The summed E-state index contributed by atoms with van der Waals surface area (Å²) in [5.74, 6) is 0.872. The predicted molar refractivity (Wildman–Crippen MR) is 72.0 cm³/mol. The van der Waals surface area contributed by atoms with Crippen LogP contribution in [-0.4, -0.2) is 9.72 Å². The van der Waals surface area contributed by atoms with Crippen LogP contribution in [0.5, 0.6) is 0 Å². The highest BCUT2D eigenvalue weighted by Gasteiger charge is 2.11. The van der Waals surface area contributed by atoms with E-state index in [9.17, 15) is 0 Å². The van der Waals surface area contributed by atoms with E-state index in [4.69, 9.17) is 16.1 Å². The molecule has 4 heteroatoms. The number of halogens is 1. The van der Waals surface area contributed by atoms with E-state index in [1.807, 2.05) is 38.2 Å². The van der Waals surface area contributed by atoms with Gasteiger partial charge in [-0.25, -0.2) is 0 Å². The van der Waals surface area contributed by atoms with Crippen LogP contribution in [-0.2, 0) is 6.54 Å². The van der Waals surface area contributed by atoms with E-state index in [-0.39, 0.29) is 0 Å². The van der Waals surface area contributed by atoms with E-state index in [1.165, 1.54) is 0 Å². The van der Waals surface area contributed by atoms with Gasteiger partial charge in [0.25, 0.3) is 0 Å². The first-order chi connectivity index (χ1) is 8.66. The fourth-order valence-corrected chi connectivity index (χ4v) is 2.45. The summed E-state index contributed by atoms with van der Waals surface area (Å²) in [7, 11) is 0. The van der Waals surface area contributed by atoms with Gasteiger partial charge >= 0.3 is 0 Å². The van der Waals surface area contributed by atoms with E-state index in [2.05, 4.69) is 15.8 Å². The van der Waals surface area contributed by atoms with Gasteiger partial charge in [0.1, 0.15) is 5.76 Å². The molecule has 3 nitrogen and oxygen atoms in total. The molecule has 0 unspecified atom stereocenters. The molecule has 0 atom stereocenters. The van der Waals surface area contributed by atoms with Gasteiger partial charge in [-0.05, 0) is 32.0 Å². The third-order valence-corrected chi connectivity index (χ3v) is 3.60. The first-order valence-corrected chi connectivity index (χ1v) is 6.19. The second-order valence-electron chi connectivity index (χ2n) is 4.42. The molecule has 0 saturated heterocycles. The third-order valence-electron chi connectivity index (χ3n) is 3.27. The summed E-state index contributed by atoms with van der Waals surface area (Å²) >= 11 is 6.17. The second kappa shape index (κ2) is 4.18. The smallest absolute Gasteiger partial charge is 0.138 e. The predicted octanol–water partition coefficient (Wildman–Crippen LogP) is 3.95. The summed E-state index contributed by atoms with van der Waals surface area (Å²) in [5.41, 5.74) is 3.20. The Morgan fingerprint density at radius 2 is 2.11 bits per heavy atom. The van der Waals surface area contributed by atoms with Gasteiger partial charge in [0, 0.05) is 27.7 Å². The Labute approximate surface area is 110 Å². The molecule has 2 aromatic heterocycles. The number of hydrogen-bond acceptors (Lipinski definition) is 2. The van der Waals surface area contributed by atoms with Gasteiger partial charge in [0.15, 0.2) is 0 Å². The van der Waals surface area contributed by atoms with Gasteiger partial charge in [-0.2, -0.15) is 0 Å². The number of aromatic nitrogens is 2. The van der Waals surface area contributed by atoms with Gasteiger partial charge in [0.2, 0.25) is 0 Å². The number of nitrogens with zero attached hydrogens (tertiary/aromatic N) is 2. The molecule has 0 fully saturated rings. The van der Waals surface area contributed by atoms with Crippen LogP contribution in [0.25, 0.3) is 10.9 Å². The Morgan fingerprint density at radius 1 is 1.28 bits per heavy atom. The highest BCUT2D eigenvalue weighted by molar-refractivity contribution is 6.35. The zero-order chi connectivity index (χ0) is 12.7. The number of rotatable bonds is 2. The average molecular weight is 261 g/mol. The van der Waals surface area contributed by atoms with Gasteiger partial charge in [-0.15, -0.1) is 0 Å². The largest absolute Gasteiger partial charge is 0.361 e. The zero-order valence-electron chi connectivity index (χ0n) is 10.3. The minimum atomic E-state index is 0.755. The summed E-state index contributed by atoms with van der Waals surface area (Å²) in [6.07, 6.45) is 2.04. The Morgan fingerprint density at radius 3 is 2.83 bits per heavy atom. The van der Waals surface area contributed by atoms with Gasteiger partial charge in [0.05, 0.1) is 12.2 Å². The minimum absolute atomic E-state index is 0.755. The SMILES string of the molecule is Cc1noc(C)c1Cn1ccc2c(Cl)cccc21. The lowest BCUT2D eigenvalue weighted by molar-refractivity contribution is 0.392. The molecular weight excluding hydrogens is 248 g/mol. The van der Waals surface area contributed by atoms with Crippen molar-refractivity contribution in [3.05, 3.63) is 52.5 Å². The van der Waals surface area contributed by atoms with Crippen molar-refractivity contribution >= 4 is 22.5 Å². The van der Waals surface area contributed by atoms with E-state index in [1.54, 1.807) is 0 Å². The molecule has 0 amide bonds. The molecule has 0 radical (unpaired) electrons. The fraction of sp³-hybridized carbons (Fsp3) is 0.214. The Kier molecular flexibility index (Phi) is 2.63. The van der Waals surface area contributed by atoms with Gasteiger partial charge in [-0.1, -0.05) is 22.8 Å². The first-order valence-electron chi connectivity index (χ1n) is 5.82. The topological polar surface area (TPSA) is 31.0 Å². The maximum atomic E-state index is 6.17. The molecule has 0 aliphatic heterocycles. The van der Waals surface area contributed by atoms with E-state index < -0.39 is 0 Å². The van der Waals surface area contributed by atoms with Crippen molar-refractivity contribution in [3.8, 4) is 0 Å². The number of benzene rings is 1. The lowest BCUT2D eigenvalue weighted by Gasteiger charge is -2.05. The molecule has 1 aromatic carbocycles. The minimum Gasteiger partial charge on any atom is -0.361 e. The van der Waals surface area contributed by atoms with Crippen LogP contribution in [0.3, 0.4) is 0 Å². The summed E-state index contributed by atoms with van der Waals surface area (Å²) < 4.78 is 7.35. The summed E-state index contributed by atoms with van der Waals surface area (Å²) in [4.78, 5) is 0. The van der Waals surface area contributed by atoms with E-state index in [0.29, 0.717) is 0 Å². The van der Waals surface area contributed by atoms with Crippen molar-refractivity contribution in [2.75, 3.05) is 0 Å². The van der Waals surface area contributed by atoms with Crippen molar-refractivity contribution < 1.29 is 4.52 Å². The molecule has 0 N–H and O–H groups in total. The Hall–Kier alpha value is -1.74. The number of fused-ring (bicyclic) bond motifs is 1. The lowest BCUT2D eigenvalue weighted by atomic mass is 10.2. The van der Waals surface area contributed by atoms with Crippen molar-refractivity contribution in [3.63, 3.8) is 0 Å². The molecule has 2 heterocycles. The molecule has 0 saturated carbocycles. The average Bonchev–Trinajstić information content (AvgIpc) is 2.89. The van der Waals surface area contributed by atoms with Crippen LogP contribution >= 0.6 is 11.6 Å². The highest BCUT2D eigenvalue weighted by atomic mass is 35.5. The van der Waals surface area contributed by atoms with E-state index in [0.717, 1.165) is 39.5 Å². The fourth-order valence-electron chi connectivity index (χ4n) is 2.22. The molecule has 92 valence electrons. The van der Waals surface area contributed by atoms with Crippen molar-refractivity contribution in [2.45, 2.75) is 20.4 Å². The molecule has 18 heavy (non-hydrogen) atoms.